The number of ether oxygens (including phenoxy) is 2. The van der Waals surface area contributed by atoms with Crippen LogP contribution in [0.4, 0.5) is 0 Å². The van der Waals surface area contributed by atoms with Crippen LogP contribution in [-0.2, 0) is 9.47 Å². The third-order valence-electron chi connectivity index (χ3n) is 7.67. The zero-order valence-electron chi connectivity index (χ0n) is 14.9. The van der Waals surface area contributed by atoms with Crippen LogP contribution in [0, 0.1) is 17.3 Å². The second kappa shape index (κ2) is 5.81. The molecule has 0 unspecified atom stereocenters. The van der Waals surface area contributed by atoms with Crippen molar-refractivity contribution in [3.05, 3.63) is 30.3 Å². The van der Waals surface area contributed by atoms with Crippen LogP contribution < -0.4 is 4.46 Å². The Labute approximate surface area is 156 Å². The minimum absolute atomic E-state index is 0.0726. The maximum absolute atomic E-state index is 11.2. The number of hydrogen-bond acceptors (Lipinski definition) is 3. The van der Waals surface area contributed by atoms with Gasteiger partial charge in [-0.05, 0) is 0 Å². The van der Waals surface area contributed by atoms with Gasteiger partial charge in [-0.2, -0.15) is 0 Å². The van der Waals surface area contributed by atoms with Crippen molar-refractivity contribution in [1.29, 1.82) is 0 Å². The molecule has 3 saturated carbocycles. The SMILES string of the molecule is CC1([C@@]23CCC[C@@H](C2)[C@]2([Se]c4ccccc4)[C@H]3CC[C@@H]2O)OCCO1. The average molecular weight is 407 g/mol. The molecule has 136 valence electrons. The molecule has 1 aromatic rings. The Morgan fingerprint density at radius 1 is 1.08 bits per heavy atom. The van der Waals surface area contributed by atoms with Crippen molar-refractivity contribution >= 4 is 19.4 Å². The molecule has 25 heavy (non-hydrogen) atoms. The fourth-order valence-corrected chi connectivity index (χ4v) is 10.5. The van der Waals surface area contributed by atoms with Gasteiger partial charge in [-0.25, -0.2) is 0 Å². The number of aliphatic hydroxyl groups excluding tert-OH is 1. The molecule has 1 heterocycles. The third-order valence-corrected chi connectivity index (χ3v) is 11.3. The number of benzene rings is 1. The first-order valence-corrected chi connectivity index (χ1v) is 11.5. The van der Waals surface area contributed by atoms with Crippen LogP contribution in [0.3, 0.4) is 0 Å². The Balaban J connectivity index is 1.60. The predicted molar refractivity (Wildman–Crippen MR) is 98.0 cm³/mol. The van der Waals surface area contributed by atoms with Crippen LogP contribution in [0.5, 0.6) is 0 Å². The van der Waals surface area contributed by atoms with E-state index in [2.05, 4.69) is 37.3 Å². The van der Waals surface area contributed by atoms with Crippen molar-refractivity contribution in [2.45, 2.75) is 61.7 Å². The van der Waals surface area contributed by atoms with E-state index in [1.807, 2.05) is 0 Å². The van der Waals surface area contributed by atoms with Crippen LogP contribution in [-0.4, -0.2) is 45.2 Å². The summed E-state index contributed by atoms with van der Waals surface area (Å²) in [5.41, 5.74) is 0.0976. The molecule has 1 aromatic carbocycles. The average Bonchev–Trinajstić information content (AvgIpc) is 3.26. The van der Waals surface area contributed by atoms with E-state index >= 15 is 0 Å². The molecule has 0 amide bonds. The molecule has 0 radical (unpaired) electrons. The van der Waals surface area contributed by atoms with Gasteiger partial charge in [-0.15, -0.1) is 0 Å². The summed E-state index contributed by atoms with van der Waals surface area (Å²) in [6.45, 7) is 3.63. The Morgan fingerprint density at radius 3 is 2.60 bits per heavy atom. The van der Waals surface area contributed by atoms with Crippen molar-refractivity contribution in [3.63, 3.8) is 0 Å². The van der Waals surface area contributed by atoms with Crippen LogP contribution in [0.1, 0.15) is 45.4 Å². The van der Waals surface area contributed by atoms with Crippen molar-refractivity contribution in [1.82, 2.24) is 0 Å². The number of rotatable bonds is 3. The van der Waals surface area contributed by atoms with Crippen LogP contribution >= 0.6 is 0 Å². The second-order valence-electron chi connectivity index (χ2n) is 8.51. The first kappa shape index (κ1) is 16.8. The Kier molecular flexibility index (Phi) is 3.89. The predicted octanol–water partition coefficient (Wildman–Crippen LogP) is 2.90. The van der Waals surface area contributed by atoms with Gasteiger partial charge in [-0.3, -0.25) is 0 Å². The molecule has 0 aromatic heterocycles. The normalized spacial score (nSPS) is 44.8. The molecule has 4 fully saturated rings. The first-order chi connectivity index (χ1) is 12.1. The van der Waals surface area contributed by atoms with E-state index in [0.717, 1.165) is 26.1 Å². The molecule has 4 aliphatic rings. The molecule has 1 aliphatic heterocycles. The van der Waals surface area contributed by atoms with E-state index in [1.54, 1.807) is 0 Å². The van der Waals surface area contributed by atoms with Gasteiger partial charge in [-0.1, -0.05) is 0 Å². The standard InChI is InChI=1S/C21H28O3Se/c1-19(23-12-13-24-19)20-11-5-6-15(14-20)21(17(20)9-10-18(21)22)25-16-7-3-2-4-8-16/h2-4,7-8,15,17-18,22H,5-6,9-14H2,1H3/t15-,17-,18-,20-,21-/m0/s1. The molecular weight excluding hydrogens is 379 g/mol. The molecular formula is C21H28O3Se. The maximum atomic E-state index is 11.2. The number of fused-ring (bicyclic) bond motifs is 5. The molecule has 5 rings (SSSR count). The summed E-state index contributed by atoms with van der Waals surface area (Å²) < 4.78 is 14.0. The number of hydrogen-bond donors (Lipinski definition) is 1. The van der Waals surface area contributed by atoms with Crippen molar-refractivity contribution < 1.29 is 14.6 Å². The minimum atomic E-state index is -0.449. The Bertz CT molecular complexity index is 644. The van der Waals surface area contributed by atoms with E-state index in [0.29, 0.717) is 26.8 Å². The Hall–Kier alpha value is -0.381. The summed E-state index contributed by atoms with van der Waals surface area (Å²) >= 11 is 0.292. The first-order valence-electron chi connectivity index (χ1n) is 9.81. The van der Waals surface area contributed by atoms with Gasteiger partial charge < -0.3 is 0 Å². The van der Waals surface area contributed by atoms with Crippen molar-refractivity contribution in [3.8, 4) is 0 Å². The summed E-state index contributed by atoms with van der Waals surface area (Å²) in [4.78, 5) is 0. The molecule has 1 N–H and O–H groups in total. The molecule has 3 aliphatic carbocycles. The summed E-state index contributed by atoms with van der Waals surface area (Å²) in [7, 11) is 0. The van der Waals surface area contributed by atoms with Crippen molar-refractivity contribution in [2.75, 3.05) is 13.2 Å². The van der Waals surface area contributed by atoms with Gasteiger partial charge in [0.25, 0.3) is 0 Å². The van der Waals surface area contributed by atoms with Crippen LogP contribution in [0.2, 0.25) is 4.31 Å². The third kappa shape index (κ3) is 2.15. The van der Waals surface area contributed by atoms with Gasteiger partial charge >= 0.3 is 156 Å². The van der Waals surface area contributed by atoms with E-state index in [9.17, 15) is 5.11 Å². The van der Waals surface area contributed by atoms with E-state index in [-0.39, 0.29) is 15.8 Å². The fraction of sp³-hybridized carbons (Fsp3) is 0.714. The second-order valence-corrected chi connectivity index (χ2v) is 11.4. The number of aliphatic hydroxyl groups is 1. The molecule has 4 heteroatoms. The van der Waals surface area contributed by atoms with Crippen LogP contribution in [0.25, 0.3) is 0 Å². The summed E-state index contributed by atoms with van der Waals surface area (Å²) in [5.74, 6) is 0.703. The topological polar surface area (TPSA) is 38.7 Å². The summed E-state index contributed by atoms with van der Waals surface area (Å²) in [6, 6.07) is 10.9. The van der Waals surface area contributed by atoms with Gasteiger partial charge in [0.15, 0.2) is 0 Å². The van der Waals surface area contributed by atoms with E-state index in [4.69, 9.17) is 9.47 Å². The van der Waals surface area contributed by atoms with E-state index in [1.165, 1.54) is 30.1 Å². The molecule has 5 atom stereocenters. The molecule has 0 spiro atoms. The van der Waals surface area contributed by atoms with Gasteiger partial charge in [0.2, 0.25) is 0 Å². The van der Waals surface area contributed by atoms with Crippen molar-refractivity contribution in [2.24, 2.45) is 17.3 Å². The molecule has 3 nitrogen and oxygen atoms in total. The summed E-state index contributed by atoms with van der Waals surface area (Å²) in [5, 5.41) is 11.2. The molecule has 1 saturated heterocycles. The van der Waals surface area contributed by atoms with Gasteiger partial charge in [0.1, 0.15) is 0 Å². The Morgan fingerprint density at radius 2 is 1.84 bits per heavy atom. The van der Waals surface area contributed by atoms with Gasteiger partial charge in [0.05, 0.1) is 0 Å². The molecule has 2 bridgehead atoms. The zero-order chi connectivity index (χ0) is 17.1. The summed E-state index contributed by atoms with van der Waals surface area (Å²) in [6.07, 6.45) is 6.82. The quantitative estimate of drug-likeness (QED) is 0.784. The van der Waals surface area contributed by atoms with Crippen LogP contribution in [0.15, 0.2) is 30.3 Å². The van der Waals surface area contributed by atoms with E-state index < -0.39 is 5.79 Å². The fourth-order valence-electron chi connectivity index (χ4n) is 6.73. The zero-order valence-corrected chi connectivity index (χ0v) is 16.7. The van der Waals surface area contributed by atoms with Gasteiger partial charge in [0, 0.05) is 0 Å². The monoisotopic (exact) mass is 408 g/mol.